The van der Waals surface area contributed by atoms with Crippen LogP contribution in [0, 0.1) is 11.8 Å². The molecule has 0 aromatic carbocycles. The van der Waals surface area contributed by atoms with Crippen LogP contribution in [0.1, 0.15) is 71.1 Å². The molecule has 116 valence electrons. The molecule has 2 aliphatic rings. The highest BCUT2D eigenvalue weighted by atomic mass is 16.2. The fourth-order valence-electron chi connectivity index (χ4n) is 4.07. The Hall–Kier alpha value is -0.570. The Kier molecular flexibility index (Phi) is 6.34. The van der Waals surface area contributed by atoms with Crippen molar-refractivity contribution >= 4 is 5.91 Å². The van der Waals surface area contributed by atoms with Gasteiger partial charge in [-0.3, -0.25) is 4.79 Å². The van der Waals surface area contributed by atoms with Gasteiger partial charge in [0.2, 0.25) is 5.91 Å². The van der Waals surface area contributed by atoms with E-state index in [1.165, 1.54) is 57.8 Å². The van der Waals surface area contributed by atoms with Crippen molar-refractivity contribution in [3.8, 4) is 0 Å². The van der Waals surface area contributed by atoms with Crippen LogP contribution in [0.15, 0.2) is 0 Å². The van der Waals surface area contributed by atoms with Crippen LogP contribution in [-0.2, 0) is 4.79 Å². The Bertz CT molecular complexity index is 291. The van der Waals surface area contributed by atoms with E-state index in [0.717, 1.165) is 19.5 Å². The average Bonchev–Trinajstić information content (AvgIpc) is 2.50. The van der Waals surface area contributed by atoms with Crippen LogP contribution >= 0.6 is 0 Å². The minimum atomic E-state index is 0.413. The molecule has 2 saturated carbocycles. The number of amides is 1. The molecule has 2 N–H and O–H groups in total. The number of hydrogen-bond donors (Lipinski definition) is 1. The van der Waals surface area contributed by atoms with E-state index < -0.39 is 0 Å². The summed E-state index contributed by atoms with van der Waals surface area (Å²) in [4.78, 5) is 14.8. The second-order valence-electron chi connectivity index (χ2n) is 6.80. The van der Waals surface area contributed by atoms with Crippen molar-refractivity contribution in [2.45, 2.75) is 77.2 Å². The lowest BCUT2D eigenvalue weighted by atomic mass is 9.80. The molecular weight excluding hydrogens is 248 g/mol. The van der Waals surface area contributed by atoms with Gasteiger partial charge in [-0.1, -0.05) is 19.3 Å². The van der Waals surface area contributed by atoms with Crippen molar-refractivity contribution in [1.82, 2.24) is 4.90 Å². The second-order valence-corrected chi connectivity index (χ2v) is 6.80. The first kappa shape index (κ1) is 15.8. The van der Waals surface area contributed by atoms with E-state index in [4.69, 9.17) is 5.73 Å². The first-order chi connectivity index (χ1) is 9.74. The molecular formula is C17H32N2O. The molecule has 0 bridgehead atoms. The van der Waals surface area contributed by atoms with Crippen molar-refractivity contribution in [2.75, 3.05) is 13.1 Å². The molecule has 3 heteroatoms. The quantitative estimate of drug-likeness (QED) is 0.839. The van der Waals surface area contributed by atoms with Gasteiger partial charge in [0.15, 0.2) is 0 Å². The average molecular weight is 280 g/mol. The number of nitrogens with two attached hydrogens (primary N) is 1. The van der Waals surface area contributed by atoms with Gasteiger partial charge in [-0.25, -0.2) is 0 Å². The Morgan fingerprint density at radius 1 is 1.00 bits per heavy atom. The fourth-order valence-corrected chi connectivity index (χ4v) is 4.07. The molecule has 2 fully saturated rings. The third-order valence-electron chi connectivity index (χ3n) is 5.44. The van der Waals surface area contributed by atoms with Gasteiger partial charge in [0.1, 0.15) is 0 Å². The maximum Gasteiger partial charge on any atom is 0.223 e. The minimum Gasteiger partial charge on any atom is -0.340 e. The molecule has 0 unspecified atom stereocenters. The standard InChI is InChI=1S/C17H32N2O/c1-2-19(16-6-4-3-5-7-16)17(20)12-14-8-10-15(13-18)11-9-14/h14-16H,2-13,18H2,1H3. The zero-order valence-corrected chi connectivity index (χ0v) is 13.2. The lowest BCUT2D eigenvalue weighted by molar-refractivity contribution is -0.135. The predicted octanol–water partition coefficient (Wildman–Crippen LogP) is 3.32. The molecule has 0 atom stereocenters. The van der Waals surface area contributed by atoms with Crippen LogP contribution < -0.4 is 5.73 Å². The van der Waals surface area contributed by atoms with E-state index in [0.29, 0.717) is 23.8 Å². The third kappa shape index (κ3) is 4.21. The number of nitrogens with zero attached hydrogens (tertiary/aromatic N) is 1. The van der Waals surface area contributed by atoms with E-state index in [9.17, 15) is 4.79 Å². The van der Waals surface area contributed by atoms with Gasteiger partial charge in [0, 0.05) is 19.0 Å². The van der Waals surface area contributed by atoms with E-state index in [1.54, 1.807) is 0 Å². The second kappa shape index (κ2) is 8.02. The Morgan fingerprint density at radius 3 is 2.15 bits per heavy atom. The Balaban J connectivity index is 1.80. The molecule has 0 radical (unpaired) electrons. The molecule has 0 spiro atoms. The summed E-state index contributed by atoms with van der Waals surface area (Å²) in [6.45, 7) is 3.85. The van der Waals surface area contributed by atoms with E-state index >= 15 is 0 Å². The van der Waals surface area contributed by atoms with Gasteiger partial charge in [-0.2, -0.15) is 0 Å². The number of carbonyl (C=O) groups excluding carboxylic acids is 1. The van der Waals surface area contributed by atoms with Gasteiger partial charge >= 0.3 is 0 Å². The molecule has 20 heavy (non-hydrogen) atoms. The summed E-state index contributed by atoms with van der Waals surface area (Å²) in [7, 11) is 0. The smallest absolute Gasteiger partial charge is 0.223 e. The topological polar surface area (TPSA) is 46.3 Å². The summed E-state index contributed by atoms with van der Waals surface area (Å²) < 4.78 is 0. The maximum atomic E-state index is 12.6. The van der Waals surface area contributed by atoms with Gasteiger partial charge in [0.25, 0.3) is 0 Å². The maximum absolute atomic E-state index is 12.6. The van der Waals surface area contributed by atoms with Gasteiger partial charge in [0.05, 0.1) is 0 Å². The molecule has 0 aromatic rings. The van der Waals surface area contributed by atoms with Crippen molar-refractivity contribution in [3.63, 3.8) is 0 Å². The zero-order valence-electron chi connectivity index (χ0n) is 13.2. The molecule has 0 aromatic heterocycles. The Labute approximate surface area is 124 Å². The summed E-state index contributed by atoms with van der Waals surface area (Å²) in [5, 5.41) is 0. The predicted molar refractivity (Wildman–Crippen MR) is 83.4 cm³/mol. The zero-order chi connectivity index (χ0) is 14.4. The highest BCUT2D eigenvalue weighted by molar-refractivity contribution is 5.76. The van der Waals surface area contributed by atoms with E-state index in [2.05, 4.69) is 11.8 Å². The Morgan fingerprint density at radius 2 is 1.60 bits per heavy atom. The summed E-state index contributed by atoms with van der Waals surface area (Å²) in [6, 6.07) is 0.529. The van der Waals surface area contributed by atoms with Crippen LogP contribution in [-0.4, -0.2) is 29.9 Å². The monoisotopic (exact) mass is 280 g/mol. The molecule has 2 rings (SSSR count). The van der Waals surface area contributed by atoms with Crippen molar-refractivity contribution in [1.29, 1.82) is 0 Å². The lowest BCUT2D eigenvalue weighted by Gasteiger charge is -2.35. The minimum absolute atomic E-state index is 0.413. The van der Waals surface area contributed by atoms with Crippen LogP contribution in [0.2, 0.25) is 0 Å². The third-order valence-corrected chi connectivity index (χ3v) is 5.44. The molecule has 0 heterocycles. The highest BCUT2D eigenvalue weighted by Gasteiger charge is 2.27. The summed E-state index contributed by atoms with van der Waals surface area (Å²) >= 11 is 0. The number of carbonyl (C=O) groups is 1. The van der Waals surface area contributed by atoms with Crippen molar-refractivity contribution in [2.24, 2.45) is 17.6 Å². The SMILES string of the molecule is CCN(C(=O)CC1CCC(CN)CC1)C1CCCCC1. The molecule has 1 amide bonds. The van der Waals surface area contributed by atoms with Crippen LogP contribution in [0.25, 0.3) is 0 Å². The van der Waals surface area contributed by atoms with E-state index in [1.807, 2.05) is 0 Å². The summed E-state index contributed by atoms with van der Waals surface area (Å²) in [5.74, 6) is 1.74. The first-order valence-corrected chi connectivity index (χ1v) is 8.74. The molecule has 3 nitrogen and oxygen atoms in total. The largest absolute Gasteiger partial charge is 0.340 e. The van der Waals surface area contributed by atoms with Gasteiger partial charge in [-0.15, -0.1) is 0 Å². The first-order valence-electron chi connectivity index (χ1n) is 8.74. The van der Waals surface area contributed by atoms with Crippen LogP contribution in [0.5, 0.6) is 0 Å². The molecule has 2 aliphatic carbocycles. The van der Waals surface area contributed by atoms with Crippen molar-refractivity contribution in [3.05, 3.63) is 0 Å². The fraction of sp³-hybridized carbons (Fsp3) is 0.941. The summed E-state index contributed by atoms with van der Waals surface area (Å²) in [5.41, 5.74) is 5.74. The normalized spacial score (nSPS) is 28.3. The lowest BCUT2D eigenvalue weighted by Crippen LogP contribution is -2.42. The molecule has 0 aliphatic heterocycles. The molecule has 0 saturated heterocycles. The number of rotatable bonds is 5. The van der Waals surface area contributed by atoms with Crippen molar-refractivity contribution < 1.29 is 4.79 Å². The van der Waals surface area contributed by atoms with E-state index in [-0.39, 0.29) is 0 Å². The number of hydrogen-bond acceptors (Lipinski definition) is 2. The summed E-state index contributed by atoms with van der Waals surface area (Å²) in [6.07, 6.45) is 12.0. The highest BCUT2D eigenvalue weighted by Crippen LogP contribution is 2.31. The van der Waals surface area contributed by atoms with Crippen LogP contribution in [0.4, 0.5) is 0 Å². The van der Waals surface area contributed by atoms with Gasteiger partial charge in [-0.05, 0) is 63.8 Å². The van der Waals surface area contributed by atoms with Crippen LogP contribution in [0.3, 0.4) is 0 Å². The van der Waals surface area contributed by atoms with Gasteiger partial charge < -0.3 is 10.6 Å².